The number of aromatic nitrogens is 1. The number of nitrogens with two attached hydrogens (primary N) is 1. The number of aliphatic carboxylic acids is 1. The summed E-state index contributed by atoms with van der Waals surface area (Å²) in [5.74, 6) is -0.868. The van der Waals surface area contributed by atoms with E-state index in [0.717, 1.165) is 10.7 Å². The number of carboxylic acid groups (broad SMARTS) is 1. The highest BCUT2D eigenvalue weighted by Gasteiger charge is 2.32. The second-order valence-corrected chi connectivity index (χ2v) is 4.57. The van der Waals surface area contributed by atoms with Crippen LogP contribution in [0.3, 0.4) is 0 Å². The third-order valence-electron chi connectivity index (χ3n) is 2.17. The molecule has 1 aromatic rings. The van der Waals surface area contributed by atoms with Crippen molar-refractivity contribution in [3.05, 3.63) is 16.1 Å². The van der Waals surface area contributed by atoms with Crippen LogP contribution in [0.2, 0.25) is 0 Å². The van der Waals surface area contributed by atoms with Gasteiger partial charge in [0.05, 0.1) is 10.4 Å². The van der Waals surface area contributed by atoms with Gasteiger partial charge in [-0.25, -0.2) is 4.98 Å². The molecule has 0 aliphatic heterocycles. The lowest BCUT2D eigenvalue weighted by molar-refractivity contribution is -0.147. The lowest BCUT2D eigenvalue weighted by Gasteiger charge is -2.20. The number of carbonyl (C=O) groups is 1. The normalized spacial score (nSPS) is 15.1. The Bertz CT molecular complexity index is 337. The fourth-order valence-corrected chi connectivity index (χ4v) is 2.01. The molecule has 0 amide bonds. The van der Waals surface area contributed by atoms with Crippen LogP contribution >= 0.6 is 11.3 Å². The molecule has 3 N–H and O–H groups in total. The predicted octanol–water partition coefficient (Wildman–Crippen LogP) is 1.04. The summed E-state index contributed by atoms with van der Waals surface area (Å²) in [6.45, 7) is 3.66. The minimum absolute atomic E-state index is 0.126. The molecule has 1 aromatic heterocycles. The molecule has 1 rings (SSSR count). The van der Waals surface area contributed by atoms with Crippen LogP contribution < -0.4 is 5.73 Å². The second-order valence-electron chi connectivity index (χ2n) is 3.63. The van der Waals surface area contributed by atoms with E-state index in [2.05, 4.69) is 4.98 Å². The lowest BCUT2D eigenvalue weighted by Crippen LogP contribution is -2.37. The highest BCUT2D eigenvalue weighted by Crippen LogP contribution is 2.23. The van der Waals surface area contributed by atoms with Gasteiger partial charge in [0.15, 0.2) is 0 Å². The molecule has 0 spiro atoms. The van der Waals surface area contributed by atoms with Crippen molar-refractivity contribution in [3.63, 3.8) is 0 Å². The number of nitrogens with zero attached hydrogens (tertiary/aromatic N) is 1. The zero-order chi connectivity index (χ0) is 10.8. The van der Waals surface area contributed by atoms with Crippen molar-refractivity contribution in [2.75, 3.05) is 6.54 Å². The van der Waals surface area contributed by atoms with Crippen LogP contribution in [0.25, 0.3) is 0 Å². The molecule has 0 aromatic carbocycles. The lowest BCUT2D eigenvalue weighted by atomic mass is 9.87. The van der Waals surface area contributed by atoms with Gasteiger partial charge in [-0.3, -0.25) is 4.79 Å². The van der Waals surface area contributed by atoms with Crippen LogP contribution in [0.15, 0.2) is 5.38 Å². The molecule has 14 heavy (non-hydrogen) atoms. The molecule has 1 atom stereocenters. The summed E-state index contributed by atoms with van der Waals surface area (Å²) in [6.07, 6.45) is 0.400. The van der Waals surface area contributed by atoms with Gasteiger partial charge >= 0.3 is 5.97 Å². The average Bonchev–Trinajstić information content (AvgIpc) is 2.50. The molecular formula is C9H14N2O2S. The van der Waals surface area contributed by atoms with E-state index in [1.807, 2.05) is 12.3 Å². The van der Waals surface area contributed by atoms with Crippen molar-refractivity contribution < 1.29 is 9.90 Å². The van der Waals surface area contributed by atoms with Crippen molar-refractivity contribution in [2.45, 2.75) is 20.3 Å². The highest BCUT2D eigenvalue weighted by molar-refractivity contribution is 7.09. The van der Waals surface area contributed by atoms with Crippen LogP contribution in [0.1, 0.15) is 17.6 Å². The first-order valence-corrected chi connectivity index (χ1v) is 5.20. The Morgan fingerprint density at radius 2 is 2.43 bits per heavy atom. The molecule has 5 heteroatoms. The van der Waals surface area contributed by atoms with Crippen LogP contribution in [-0.4, -0.2) is 22.6 Å². The van der Waals surface area contributed by atoms with Gasteiger partial charge in [0.25, 0.3) is 0 Å². The van der Waals surface area contributed by atoms with Gasteiger partial charge in [-0.15, -0.1) is 11.3 Å². The summed E-state index contributed by atoms with van der Waals surface area (Å²) in [5, 5.41) is 11.7. The van der Waals surface area contributed by atoms with Gasteiger partial charge in [0, 0.05) is 24.0 Å². The quantitative estimate of drug-likeness (QED) is 0.785. The third-order valence-corrected chi connectivity index (χ3v) is 3.14. The number of hydrogen-bond donors (Lipinski definition) is 2. The van der Waals surface area contributed by atoms with Crippen LogP contribution in [0.5, 0.6) is 0 Å². The first kappa shape index (κ1) is 11.1. The van der Waals surface area contributed by atoms with E-state index in [-0.39, 0.29) is 6.54 Å². The molecule has 0 saturated heterocycles. The van der Waals surface area contributed by atoms with Crippen molar-refractivity contribution in [3.8, 4) is 0 Å². The fourth-order valence-electron chi connectivity index (χ4n) is 1.05. The maximum atomic E-state index is 11.0. The zero-order valence-corrected chi connectivity index (χ0v) is 9.10. The average molecular weight is 214 g/mol. The van der Waals surface area contributed by atoms with E-state index in [9.17, 15) is 4.79 Å². The third kappa shape index (κ3) is 2.30. The Kier molecular flexibility index (Phi) is 3.23. The van der Waals surface area contributed by atoms with E-state index in [1.54, 1.807) is 6.92 Å². The van der Waals surface area contributed by atoms with Gasteiger partial charge in [0.2, 0.25) is 0 Å². The van der Waals surface area contributed by atoms with Crippen LogP contribution in [-0.2, 0) is 11.2 Å². The topological polar surface area (TPSA) is 76.2 Å². The first-order chi connectivity index (χ1) is 6.48. The Labute approximate surface area is 86.8 Å². The molecule has 0 fully saturated rings. The molecule has 0 aliphatic rings. The SMILES string of the molecule is Cc1csc(CC(C)(CN)C(=O)O)n1. The van der Waals surface area contributed by atoms with Crippen molar-refractivity contribution >= 4 is 17.3 Å². The Morgan fingerprint density at radius 3 is 2.79 bits per heavy atom. The largest absolute Gasteiger partial charge is 0.481 e. The minimum atomic E-state index is -0.899. The number of thiazole rings is 1. The van der Waals surface area contributed by atoms with Crippen molar-refractivity contribution in [2.24, 2.45) is 11.1 Å². The number of carboxylic acids is 1. The summed E-state index contributed by atoms with van der Waals surface area (Å²) < 4.78 is 0. The molecule has 0 aliphatic carbocycles. The monoisotopic (exact) mass is 214 g/mol. The van der Waals surface area contributed by atoms with Gasteiger partial charge in [-0.2, -0.15) is 0 Å². The molecule has 0 bridgehead atoms. The molecule has 1 heterocycles. The molecule has 0 radical (unpaired) electrons. The van der Waals surface area contributed by atoms with Gasteiger partial charge in [0.1, 0.15) is 0 Å². The van der Waals surface area contributed by atoms with E-state index >= 15 is 0 Å². The molecule has 0 saturated carbocycles. The molecule has 78 valence electrons. The minimum Gasteiger partial charge on any atom is -0.481 e. The number of aryl methyl sites for hydroxylation is 1. The van der Waals surface area contributed by atoms with Gasteiger partial charge in [-0.05, 0) is 13.8 Å². The summed E-state index contributed by atoms with van der Waals surface area (Å²) in [4.78, 5) is 15.2. The second kappa shape index (κ2) is 4.06. The maximum Gasteiger partial charge on any atom is 0.311 e. The Balaban J connectivity index is 2.80. The van der Waals surface area contributed by atoms with E-state index < -0.39 is 11.4 Å². The number of rotatable bonds is 4. The standard InChI is InChI=1S/C9H14N2O2S/c1-6-4-14-7(11-6)3-9(2,5-10)8(12)13/h4H,3,5,10H2,1-2H3,(H,12,13). The van der Waals surface area contributed by atoms with E-state index in [4.69, 9.17) is 10.8 Å². The summed E-state index contributed by atoms with van der Waals surface area (Å²) in [7, 11) is 0. The Hall–Kier alpha value is -0.940. The zero-order valence-electron chi connectivity index (χ0n) is 8.28. The smallest absolute Gasteiger partial charge is 0.311 e. The predicted molar refractivity (Wildman–Crippen MR) is 55.4 cm³/mol. The fraction of sp³-hybridized carbons (Fsp3) is 0.556. The van der Waals surface area contributed by atoms with Crippen LogP contribution in [0, 0.1) is 12.3 Å². The Morgan fingerprint density at radius 1 is 1.79 bits per heavy atom. The van der Waals surface area contributed by atoms with Gasteiger partial charge in [-0.1, -0.05) is 0 Å². The highest BCUT2D eigenvalue weighted by atomic mass is 32.1. The van der Waals surface area contributed by atoms with E-state index in [0.29, 0.717) is 6.42 Å². The summed E-state index contributed by atoms with van der Waals surface area (Å²) in [6, 6.07) is 0. The maximum absolute atomic E-state index is 11.0. The molecule has 1 unspecified atom stereocenters. The van der Waals surface area contributed by atoms with Gasteiger partial charge < -0.3 is 10.8 Å². The van der Waals surface area contributed by atoms with Crippen LogP contribution in [0.4, 0.5) is 0 Å². The van der Waals surface area contributed by atoms with Crippen molar-refractivity contribution in [1.82, 2.24) is 4.98 Å². The molecular weight excluding hydrogens is 200 g/mol. The first-order valence-electron chi connectivity index (χ1n) is 4.32. The summed E-state index contributed by atoms with van der Waals surface area (Å²) >= 11 is 1.48. The number of hydrogen-bond acceptors (Lipinski definition) is 4. The summed E-state index contributed by atoms with van der Waals surface area (Å²) in [5.41, 5.74) is 5.49. The molecule has 4 nitrogen and oxygen atoms in total. The van der Waals surface area contributed by atoms with E-state index in [1.165, 1.54) is 11.3 Å². The van der Waals surface area contributed by atoms with Crippen molar-refractivity contribution in [1.29, 1.82) is 0 Å².